The van der Waals surface area contributed by atoms with Crippen LogP contribution < -0.4 is 0 Å². The summed E-state index contributed by atoms with van der Waals surface area (Å²) in [6, 6.07) is 8.18. The van der Waals surface area contributed by atoms with Crippen molar-refractivity contribution in [2.24, 2.45) is 5.92 Å². The highest BCUT2D eigenvalue weighted by atomic mass is 32.2. The zero-order chi connectivity index (χ0) is 11.3. The minimum Gasteiger partial charge on any atom is -0.469 e. The molecule has 0 aliphatic carbocycles. The normalized spacial score (nSPS) is 12.2. The lowest BCUT2D eigenvalue weighted by Gasteiger charge is -2.09. The van der Waals surface area contributed by atoms with E-state index in [4.69, 9.17) is 0 Å². The van der Waals surface area contributed by atoms with Gasteiger partial charge in [0.15, 0.2) is 0 Å². The highest BCUT2D eigenvalue weighted by Crippen LogP contribution is 2.24. The summed E-state index contributed by atoms with van der Waals surface area (Å²) in [4.78, 5) is 12.4. The van der Waals surface area contributed by atoms with Crippen LogP contribution in [0.25, 0.3) is 0 Å². The van der Waals surface area contributed by atoms with Crippen LogP contribution >= 0.6 is 11.8 Å². The van der Waals surface area contributed by atoms with Crippen molar-refractivity contribution in [2.45, 2.75) is 18.7 Å². The molecule has 0 N–H and O–H groups in total. The molecule has 0 aliphatic rings. The third kappa shape index (κ3) is 3.59. The lowest BCUT2D eigenvalue weighted by atomic mass is 10.2. The van der Waals surface area contributed by atoms with Gasteiger partial charge in [-0.3, -0.25) is 4.79 Å². The van der Waals surface area contributed by atoms with E-state index in [9.17, 15) is 4.79 Å². The largest absolute Gasteiger partial charge is 0.469 e. The fourth-order valence-corrected chi connectivity index (χ4v) is 2.24. The van der Waals surface area contributed by atoms with Gasteiger partial charge in [-0.2, -0.15) is 0 Å². The van der Waals surface area contributed by atoms with Crippen molar-refractivity contribution in [3.63, 3.8) is 0 Å². The number of benzene rings is 1. The number of hydrogen-bond acceptors (Lipinski definition) is 3. The first-order valence-electron chi connectivity index (χ1n) is 4.91. The minimum absolute atomic E-state index is 0.0559. The van der Waals surface area contributed by atoms with Gasteiger partial charge in [0, 0.05) is 10.6 Å². The number of hydrogen-bond donors (Lipinski definition) is 0. The predicted molar refractivity (Wildman–Crippen MR) is 63.1 cm³/mol. The number of rotatable bonds is 4. The average Bonchev–Trinajstić information content (AvgIpc) is 2.26. The molecule has 0 bridgehead atoms. The quantitative estimate of drug-likeness (QED) is 0.581. The fraction of sp³-hybridized carbons (Fsp3) is 0.417. The molecule has 2 nitrogen and oxygen atoms in total. The van der Waals surface area contributed by atoms with E-state index < -0.39 is 0 Å². The van der Waals surface area contributed by atoms with E-state index in [1.54, 1.807) is 11.8 Å². The third-order valence-corrected chi connectivity index (χ3v) is 3.62. The average molecular weight is 224 g/mol. The van der Waals surface area contributed by atoms with Crippen LogP contribution in [0.15, 0.2) is 29.2 Å². The monoisotopic (exact) mass is 224 g/mol. The molecule has 0 radical (unpaired) electrons. The van der Waals surface area contributed by atoms with Gasteiger partial charge in [0.05, 0.1) is 13.0 Å². The van der Waals surface area contributed by atoms with Crippen LogP contribution in [0.3, 0.4) is 0 Å². The van der Waals surface area contributed by atoms with E-state index in [0.717, 1.165) is 5.75 Å². The summed E-state index contributed by atoms with van der Waals surface area (Å²) in [5, 5.41) is 0. The van der Waals surface area contributed by atoms with Crippen LogP contribution in [0.4, 0.5) is 0 Å². The van der Waals surface area contributed by atoms with Crippen LogP contribution in [0.1, 0.15) is 12.5 Å². The van der Waals surface area contributed by atoms with Crippen LogP contribution in [0.2, 0.25) is 0 Å². The topological polar surface area (TPSA) is 26.3 Å². The Hall–Kier alpha value is -0.960. The molecule has 3 heteroatoms. The zero-order valence-corrected chi connectivity index (χ0v) is 10.1. The maximum Gasteiger partial charge on any atom is 0.309 e. The molecule has 0 aromatic heterocycles. The molecule has 0 fully saturated rings. The molecule has 1 aromatic rings. The van der Waals surface area contributed by atoms with Gasteiger partial charge in [-0.1, -0.05) is 25.1 Å². The van der Waals surface area contributed by atoms with Crippen LogP contribution in [-0.2, 0) is 9.53 Å². The van der Waals surface area contributed by atoms with E-state index in [0.29, 0.717) is 0 Å². The van der Waals surface area contributed by atoms with Gasteiger partial charge in [0.1, 0.15) is 0 Å². The van der Waals surface area contributed by atoms with Gasteiger partial charge in [0.2, 0.25) is 0 Å². The Bertz CT molecular complexity index is 336. The molecule has 0 saturated carbocycles. The van der Waals surface area contributed by atoms with Gasteiger partial charge in [-0.05, 0) is 18.6 Å². The van der Waals surface area contributed by atoms with Crippen molar-refractivity contribution in [1.82, 2.24) is 0 Å². The number of carbonyl (C=O) groups excluding carboxylic acids is 1. The Balaban J connectivity index is 2.50. The standard InChI is InChI=1S/C12H16O2S/c1-9-6-4-5-7-11(9)15-8-10(2)12(13)14-3/h4-7,10H,8H2,1-3H3. The smallest absolute Gasteiger partial charge is 0.309 e. The van der Waals surface area contributed by atoms with Crippen molar-refractivity contribution in [1.29, 1.82) is 0 Å². The van der Waals surface area contributed by atoms with E-state index in [-0.39, 0.29) is 11.9 Å². The summed E-state index contributed by atoms with van der Waals surface area (Å²) in [6.45, 7) is 3.96. The lowest BCUT2D eigenvalue weighted by Crippen LogP contribution is -2.14. The van der Waals surface area contributed by atoms with E-state index in [1.807, 2.05) is 19.1 Å². The number of thioether (sulfide) groups is 1. The second-order valence-electron chi connectivity index (χ2n) is 3.50. The second kappa shape index (κ2) is 5.81. The Kier molecular flexibility index (Phi) is 4.69. The van der Waals surface area contributed by atoms with E-state index in [2.05, 4.69) is 23.8 Å². The van der Waals surface area contributed by atoms with Crippen molar-refractivity contribution in [3.8, 4) is 0 Å². The van der Waals surface area contributed by atoms with E-state index in [1.165, 1.54) is 17.6 Å². The maximum atomic E-state index is 11.2. The number of methoxy groups -OCH3 is 1. The summed E-state index contributed by atoms with van der Waals surface area (Å²) in [6.07, 6.45) is 0. The highest BCUT2D eigenvalue weighted by Gasteiger charge is 2.13. The summed E-state index contributed by atoms with van der Waals surface area (Å²) in [5.74, 6) is 0.563. The Morgan fingerprint density at radius 1 is 1.47 bits per heavy atom. The predicted octanol–water partition coefficient (Wildman–Crippen LogP) is 2.90. The summed E-state index contributed by atoms with van der Waals surface area (Å²) < 4.78 is 4.68. The second-order valence-corrected chi connectivity index (χ2v) is 4.56. The summed E-state index contributed by atoms with van der Waals surface area (Å²) >= 11 is 1.70. The molecular formula is C12H16O2S. The molecule has 15 heavy (non-hydrogen) atoms. The van der Waals surface area contributed by atoms with Gasteiger partial charge in [-0.25, -0.2) is 0 Å². The van der Waals surface area contributed by atoms with E-state index >= 15 is 0 Å². The number of ether oxygens (including phenoxy) is 1. The molecule has 1 atom stereocenters. The number of aryl methyl sites for hydroxylation is 1. The Morgan fingerprint density at radius 2 is 2.13 bits per heavy atom. The number of esters is 1. The molecule has 1 rings (SSSR count). The molecule has 1 aromatic carbocycles. The molecule has 1 unspecified atom stereocenters. The molecule has 82 valence electrons. The first kappa shape index (κ1) is 12.1. The fourth-order valence-electron chi connectivity index (χ4n) is 1.20. The molecule has 0 amide bonds. The first-order valence-corrected chi connectivity index (χ1v) is 5.90. The number of carbonyl (C=O) groups is 1. The lowest BCUT2D eigenvalue weighted by molar-refractivity contribution is -0.143. The van der Waals surface area contributed by atoms with Gasteiger partial charge in [-0.15, -0.1) is 11.8 Å². The molecule has 0 aliphatic heterocycles. The Labute approximate surface area is 95.0 Å². The van der Waals surface area contributed by atoms with Crippen LogP contribution in [0.5, 0.6) is 0 Å². The van der Waals surface area contributed by atoms with Crippen molar-refractivity contribution in [3.05, 3.63) is 29.8 Å². The minimum atomic E-state index is -0.143. The van der Waals surface area contributed by atoms with Crippen LogP contribution in [-0.4, -0.2) is 18.8 Å². The summed E-state index contributed by atoms with van der Waals surface area (Å²) in [5.41, 5.74) is 1.25. The highest BCUT2D eigenvalue weighted by molar-refractivity contribution is 7.99. The van der Waals surface area contributed by atoms with Gasteiger partial charge in [0.25, 0.3) is 0 Å². The van der Waals surface area contributed by atoms with Crippen molar-refractivity contribution in [2.75, 3.05) is 12.9 Å². The van der Waals surface area contributed by atoms with Gasteiger partial charge >= 0.3 is 5.97 Å². The molecular weight excluding hydrogens is 208 g/mol. The van der Waals surface area contributed by atoms with Gasteiger partial charge < -0.3 is 4.74 Å². The van der Waals surface area contributed by atoms with Crippen LogP contribution in [0, 0.1) is 12.8 Å². The summed E-state index contributed by atoms with van der Waals surface area (Å²) in [7, 11) is 1.43. The van der Waals surface area contributed by atoms with Crippen molar-refractivity contribution >= 4 is 17.7 Å². The molecule has 0 saturated heterocycles. The zero-order valence-electron chi connectivity index (χ0n) is 9.32. The molecule has 0 heterocycles. The maximum absolute atomic E-state index is 11.2. The first-order chi connectivity index (χ1) is 7.15. The SMILES string of the molecule is COC(=O)C(C)CSc1ccccc1C. The third-order valence-electron chi connectivity index (χ3n) is 2.19. The molecule has 0 spiro atoms. The Morgan fingerprint density at radius 3 is 2.73 bits per heavy atom. The van der Waals surface area contributed by atoms with Crippen molar-refractivity contribution < 1.29 is 9.53 Å².